The first-order chi connectivity index (χ1) is 18.4. The lowest BCUT2D eigenvalue weighted by Gasteiger charge is -2.16. The van der Waals surface area contributed by atoms with Crippen LogP contribution in [0.4, 0.5) is 10.5 Å². The summed E-state index contributed by atoms with van der Waals surface area (Å²) < 4.78 is 1.38. The van der Waals surface area contributed by atoms with E-state index in [0.717, 1.165) is 12.1 Å². The molecule has 0 unspecified atom stereocenters. The van der Waals surface area contributed by atoms with Crippen LogP contribution in [0.25, 0.3) is 11.2 Å². The number of carboxylic acid groups (broad SMARTS) is 1. The van der Waals surface area contributed by atoms with E-state index in [4.69, 9.17) is 5.11 Å². The van der Waals surface area contributed by atoms with Crippen molar-refractivity contribution >= 4 is 34.8 Å². The van der Waals surface area contributed by atoms with Crippen molar-refractivity contribution in [2.24, 2.45) is 5.92 Å². The summed E-state index contributed by atoms with van der Waals surface area (Å²) in [4.78, 5) is 67.0. The average Bonchev–Trinajstić information content (AvgIpc) is 3.25. The Morgan fingerprint density at radius 1 is 1.21 bits per heavy atom. The molecule has 0 radical (unpaired) electrons. The highest BCUT2D eigenvalue weighted by atomic mass is 16.4. The highest BCUT2D eigenvalue weighted by Gasteiger charge is 2.21. The number of carbonyl (C=O) groups is 3. The highest BCUT2D eigenvalue weighted by molar-refractivity contribution is 5.96. The summed E-state index contributed by atoms with van der Waals surface area (Å²) in [5.41, 5.74) is 1.59. The Morgan fingerprint density at radius 3 is 2.62 bits per heavy atom. The molecule has 0 saturated carbocycles. The molecule has 3 heterocycles. The van der Waals surface area contributed by atoms with Crippen LogP contribution in [-0.4, -0.2) is 72.6 Å². The lowest BCUT2D eigenvalue weighted by Crippen LogP contribution is -2.44. The van der Waals surface area contributed by atoms with Gasteiger partial charge in [-0.25, -0.2) is 19.7 Å². The van der Waals surface area contributed by atoms with E-state index in [1.165, 1.54) is 21.6 Å². The molecular weight excluding hydrogens is 504 g/mol. The van der Waals surface area contributed by atoms with Crippen molar-refractivity contribution in [2.45, 2.75) is 52.6 Å². The summed E-state index contributed by atoms with van der Waals surface area (Å²) in [6, 6.07) is 1.91. The summed E-state index contributed by atoms with van der Waals surface area (Å²) in [5, 5.41) is 13.9. The molecule has 0 spiro atoms. The second kappa shape index (κ2) is 12.8. The second-order valence-corrected chi connectivity index (χ2v) is 9.75. The van der Waals surface area contributed by atoms with Crippen LogP contribution in [0.1, 0.15) is 44.0 Å². The molecule has 0 fully saturated rings. The predicted molar refractivity (Wildman–Crippen MR) is 145 cm³/mol. The van der Waals surface area contributed by atoms with Crippen molar-refractivity contribution in [3.63, 3.8) is 0 Å². The van der Waals surface area contributed by atoms with E-state index in [-0.39, 0.29) is 31.0 Å². The first-order valence-corrected chi connectivity index (χ1v) is 12.5. The summed E-state index contributed by atoms with van der Waals surface area (Å²) in [6.07, 6.45) is 4.19. The first-order valence-electron chi connectivity index (χ1n) is 12.5. The van der Waals surface area contributed by atoms with Crippen molar-refractivity contribution in [3.8, 4) is 0 Å². The van der Waals surface area contributed by atoms with E-state index in [2.05, 4.69) is 44.4 Å². The number of imidazole rings is 1. The monoisotopic (exact) mass is 538 g/mol. The van der Waals surface area contributed by atoms with E-state index in [1.807, 2.05) is 6.92 Å². The molecule has 0 aliphatic rings. The van der Waals surface area contributed by atoms with Gasteiger partial charge in [0.15, 0.2) is 5.65 Å². The minimum Gasteiger partial charge on any atom is -0.465 e. The van der Waals surface area contributed by atoms with Gasteiger partial charge in [-0.3, -0.25) is 14.4 Å². The normalized spacial score (nSPS) is 12.2. The van der Waals surface area contributed by atoms with Gasteiger partial charge in [-0.1, -0.05) is 19.9 Å². The molecule has 3 rings (SSSR count). The molecule has 0 aromatic carbocycles. The molecule has 0 aliphatic heterocycles. The Labute approximate surface area is 225 Å². The molecule has 3 amide bonds. The van der Waals surface area contributed by atoms with Gasteiger partial charge >= 0.3 is 6.09 Å². The Balaban J connectivity index is 1.77. The SMILES string of the molecule is Cc1nc(CC(C)C)c2nc(Cn3cccc(NC(=O)[C@H](CC/C=C/C(=O)N(C)C)NC(=O)O)c3=O)[nH]c2n1. The second-order valence-electron chi connectivity index (χ2n) is 9.75. The standard InChI is InChI=1S/C26H34N8O5/c1-15(2)13-19-22-23(28-16(3)27-19)32-20(31-22)14-34-12-8-10-18(25(34)37)29-24(36)17(30-26(38)39)9-6-7-11-21(35)33(4)5/h7-8,10-12,15,17,30H,6,9,13-14H2,1-5H3,(H,29,36)(H,38,39)(H,27,28,31,32)/b11-7+/t17-/m0/s1. The topological polar surface area (TPSA) is 175 Å². The Bertz CT molecular complexity index is 1440. The third-order valence-electron chi connectivity index (χ3n) is 5.71. The zero-order valence-corrected chi connectivity index (χ0v) is 22.7. The minimum atomic E-state index is -1.38. The number of pyridine rings is 1. The number of hydrogen-bond acceptors (Lipinski definition) is 7. The largest absolute Gasteiger partial charge is 0.465 e. The smallest absolute Gasteiger partial charge is 0.405 e. The van der Waals surface area contributed by atoms with E-state index < -0.39 is 23.6 Å². The fraction of sp³-hybridized carbons (Fsp3) is 0.423. The summed E-state index contributed by atoms with van der Waals surface area (Å²) >= 11 is 0. The number of carbonyl (C=O) groups excluding carboxylic acids is 2. The number of aromatic nitrogens is 5. The van der Waals surface area contributed by atoms with E-state index in [1.54, 1.807) is 32.4 Å². The summed E-state index contributed by atoms with van der Waals surface area (Å²) in [6.45, 7) is 6.10. The van der Waals surface area contributed by atoms with Gasteiger partial charge in [-0.15, -0.1) is 0 Å². The molecule has 39 heavy (non-hydrogen) atoms. The third kappa shape index (κ3) is 7.97. The van der Waals surface area contributed by atoms with Crippen molar-refractivity contribution in [3.05, 3.63) is 58.2 Å². The summed E-state index contributed by atoms with van der Waals surface area (Å²) in [7, 11) is 3.21. The number of aromatic amines is 1. The van der Waals surface area contributed by atoms with Gasteiger partial charge in [-0.05, 0) is 50.3 Å². The van der Waals surface area contributed by atoms with Crippen LogP contribution in [0.15, 0.2) is 35.3 Å². The van der Waals surface area contributed by atoms with Gasteiger partial charge in [0, 0.05) is 20.3 Å². The van der Waals surface area contributed by atoms with E-state index in [9.17, 15) is 19.2 Å². The maximum absolute atomic E-state index is 13.1. The number of allylic oxidation sites excluding steroid dienone is 1. The first kappa shape index (κ1) is 29.0. The Morgan fingerprint density at radius 2 is 1.95 bits per heavy atom. The number of fused-ring (bicyclic) bond motifs is 1. The number of amides is 3. The van der Waals surface area contributed by atoms with Gasteiger partial charge < -0.3 is 30.2 Å². The number of aryl methyl sites for hydroxylation is 1. The molecule has 1 atom stereocenters. The third-order valence-corrected chi connectivity index (χ3v) is 5.71. The van der Waals surface area contributed by atoms with Crippen LogP contribution < -0.4 is 16.2 Å². The Hall–Kier alpha value is -4.55. The summed E-state index contributed by atoms with van der Waals surface area (Å²) in [5.74, 6) is 0.591. The van der Waals surface area contributed by atoms with Crippen LogP contribution in [0.5, 0.6) is 0 Å². The van der Waals surface area contributed by atoms with Gasteiger partial charge in [0.25, 0.3) is 5.56 Å². The van der Waals surface area contributed by atoms with Gasteiger partial charge in [0.1, 0.15) is 28.9 Å². The van der Waals surface area contributed by atoms with Crippen molar-refractivity contribution in [1.82, 2.24) is 34.7 Å². The maximum atomic E-state index is 13.1. The molecule has 4 N–H and O–H groups in total. The molecule has 0 bridgehead atoms. The number of nitrogens with zero attached hydrogens (tertiary/aromatic N) is 5. The van der Waals surface area contributed by atoms with Gasteiger partial charge in [-0.2, -0.15) is 0 Å². The lowest BCUT2D eigenvalue weighted by molar-refractivity contribution is -0.123. The van der Waals surface area contributed by atoms with Crippen LogP contribution in [0.2, 0.25) is 0 Å². The zero-order valence-electron chi connectivity index (χ0n) is 22.7. The number of hydrogen-bond donors (Lipinski definition) is 4. The van der Waals surface area contributed by atoms with Crippen LogP contribution in [0, 0.1) is 12.8 Å². The fourth-order valence-electron chi connectivity index (χ4n) is 3.88. The predicted octanol–water partition coefficient (Wildman–Crippen LogP) is 2.07. The molecule has 0 aliphatic carbocycles. The molecule has 0 saturated heterocycles. The highest BCUT2D eigenvalue weighted by Crippen LogP contribution is 2.17. The van der Waals surface area contributed by atoms with Gasteiger partial charge in [0.05, 0.1) is 12.2 Å². The maximum Gasteiger partial charge on any atom is 0.405 e. The number of rotatable bonds is 11. The molecule has 13 heteroatoms. The Kier molecular flexibility index (Phi) is 9.52. The van der Waals surface area contributed by atoms with E-state index in [0.29, 0.717) is 28.7 Å². The van der Waals surface area contributed by atoms with Crippen molar-refractivity contribution < 1.29 is 19.5 Å². The molecule has 3 aromatic rings. The fourth-order valence-corrected chi connectivity index (χ4v) is 3.88. The number of anilines is 1. The number of H-pyrrole nitrogens is 1. The van der Waals surface area contributed by atoms with Crippen LogP contribution >= 0.6 is 0 Å². The zero-order chi connectivity index (χ0) is 28.7. The quantitative estimate of drug-likeness (QED) is 0.268. The molecule has 13 nitrogen and oxygen atoms in total. The van der Waals surface area contributed by atoms with Crippen molar-refractivity contribution in [2.75, 3.05) is 19.4 Å². The molecule has 208 valence electrons. The average molecular weight is 539 g/mol. The van der Waals surface area contributed by atoms with Crippen LogP contribution in [0.3, 0.4) is 0 Å². The number of likely N-dealkylation sites (N-methyl/N-ethyl adjacent to an activating group) is 1. The molecular formula is C26H34N8O5. The lowest BCUT2D eigenvalue weighted by atomic mass is 10.1. The van der Waals surface area contributed by atoms with Crippen molar-refractivity contribution in [1.29, 1.82) is 0 Å². The van der Waals surface area contributed by atoms with E-state index >= 15 is 0 Å². The number of nitrogens with one attached hydrogen (secondary N) is 3. The minimum absolute atomic E-state index is 0.00902. The van der Waals surface area contributed by atoms with Gasteiger partial charge in [0.2, 0.25) is 11.8 Å². The van der Waals surface area contributed by atoms with Crippen LogP contribution in [-0.2, 0) is 22.6 Å². The molecule has 3 aromatic heterocycles.